The van der Waals surface area contributed by atoms with E-state index in [0.29, 0.717) is 0 Å². The van der Waals surface area contributed by atoms with Crippen LogP contribution in [-0.4, -0.2) is 19.2 Å². The molecule has 0 radical (unpaired) electrons. The maximum atomic E-state index is 11.5. The first kappa shape index (κ1) is 10.8. The summed E-state index contributed by atoms with van der Waals surface area (Å²) in [5.41, 5.74) is 13.8. The Morgan fingerprint density at radius 1 is 1.57 bits per heavy atom. The molecule has 0 aromatic carbocycles. The van der Waals surface area contributed by atoms with Gasteiger partial charge in [0, 0.05) is 15.5 Å². The second kappa shape index (κ2) is 3.45. The predicted octanol–water partition coefficient (Wildman–Crippen LogP) is 0.839. The van der Waals surface area contributed by atoms with Crippen LogP contribution >= 0.6 is 0 Å². The Kier molecular flexibility index (Phi) is 2.66. The van der Waals surface area contributed by atoms with Crippen molar-refractivity contribution >= 4 is 10.0 Å². The molecule has 14 heavy (non-hydrogen) atoms. The lowest BCUT2D eigenvalue weighted by Crippen LogP contribution is -2.48. The van der Waals surface area contributed by atoms with E-state index in [1.807, 2.05) is 0 Å². The zero-order valence-electron chi connectivity index (χ0n) is 7.53. The molecule has 0 saturated heterocycles. The van der Waals surface area contributed by atoms with Gasteiger partial charge in [-0.3, -0.25) is 0 Å². The van der Waals surface area contributed by atoms with Crippen molar-refractivity contribution < 1.29 is 8.42 Å². The molecule has 0 aromatic rings. The molecule has 7 heteroatoms. The van der Waals surface area contributed by atoms with Crippen molar-refractivity contribution in [2.45, 2.75) is 17.7 Å². The number of rotatable bonds is 2. The summed E-state index contributed by atoms with van der Waals surface area (Å²) in [6.07, 6.45) is 6.18. The summed E-state index contributed by atoms with van der Waals surface area (Å²) < 4.78 is 24.5. The van der Waals surface area contributed by atoms with Gasteiger partial charge >= 0.3 is 0 Å². The molecule has 2 unspecified atom stereocenters. The lowest BCUT2D eigenvalue weighted by molar-refractivity contribution is 0.544. The zero-order chi connectivity index (χ0) is 10.8. The van der Waals surface area contributed by atoms with Crippen LogP contribution in [0.4, 0.5) is 0 Å². The van der Waals surface area contributed by atoms with Gasteiger partial charge in [0.2, 0.25) is 10.0 Å². The zero-order valence-corrected chi connectivity index (χ0v) is 8.35. The van der Waals surface area contributed by atoms with Gasteiger partial charge in [-0.05, 0) is 12.5 Å². The van der Waals surface area contributed by atoms with Crippen molar-refractivity contribution in [1.82, 2.24) is 0 Å². The van der Waals surface area contributed by atoms with E-state index in [-0.39, 0.29) is 0 Å². The van der Waals surface area contributed by atoms with E-state index < -0.39 is 20.8 Å². The molecule has 76 valence electrons. The van der Waals surface area contributed by atoms with Crippen molar-refractivity contribution in [3.8, 4) is 0 Å². The average molecular weight is 214 g/mol. The number of allylic oxidation sites excluding steroid dienone is 2. The van der Waals surface area contributed by atoms with E-state index in [2.05, 4.69) is 9.43 Å². The summed E-state index contributed by atoms with van der Waals surface area (Å²) >= 11 is 0. The molecular weight excluding hydrogens is 204 g/mol. The minimum atomic E-state index is -3.94. The smallest absolute Gasteiger partial charge is 0.246 e. The van der Waals surface area contributed by atoms with Gasteiger partial charge in [-0.1, -0.05) is 24.3 Å². The second-order valence-electron chi connectivity index (χ2n) is 3.10. The molecule has 0 spiro atoms. The van der Waals surface area contributed by atoms with Crippen molar-refractivity contribution in [2.75, 3.05) is 0 Å². The number of hydrogen-bond donors (Lipinski definition) is 1. The maximum absolute atomic E-state index is 11.5. The van der Waals surface area contributed by atoms with Crippen LogP contribution in [0.5, 0.6) is 0 Å². The van der Waals surface area contributed by atoms with Gasteiger partial charge in [0.1, 0.15) is 4.75 Å². The Morgan fingerprint density at radius 3 is 2.71 bits per heavy atom. The van der Waals surface area contributed by atoms with Crippen LogP contribution in [-0.2, 0) is 10.0 Å². The quantitative estimate of drug-likeness (QED) is 0.417. The standard InChI is InChI=1S/C7H10N4O2S/c1-7(14(12,13)11-10-9)5-3-2-4-6(7)8/h2-6H,8H2,1H3. The molecule has 0 aromatic heterocycles. The number of azide groups is 1. The van der Waals surface area contributed by atoms with E-state index in [0.717, 1.165) is 0 Å². The van der Waals surface area contributed by atoms with Crippen molar-refractivity contribution in [3.05, 3.63) is 34.7 Å². The molecule has 1 rings (SSSR count). The van der Waals surface area contributed by atoms with Crippen LogP contribution in [0.3, 0.4) is 0 Å². The molecule has 0 bridgehead atoms. The van der Waals surface area contributed by atoms with Crippen molar-refractivity contribution in [3.63, 3.8) is 0 Å². The fraction of sp³-hybridized carbons (Fsp3) is 0.429. The first-order valence-corrected chi connectivity index (χ1v) is 5.30. The third kappa shape index (κ3) is 1.52. The normalized spacial score (nSPS) is 31.1. The van der Waals surface area contributed by atoms with Gasteiger partial charge in [-0.15, -0.1) is 0 Å². The van der Waals surface area contributed by atoms with E-state index in [4.69, 9.17) is 11.3 Å². The van der Waals surface area contributed by atoms with Crippen LogP contribution in [0.1, 0.15) is 6.92 Å². The summed E-state index contributed by atoms with van der Waals surface area (Å²) in [4.78, 5) is 2.29. The molecular formula is C7H10N4O2S. The van der Waals surface area contributed by atoms with E-state index in [9.17, 15) is 8.42 Å². The summed E-state index contributed by atoms with van der Waals surface area (Å²) in [5, 5.41) is 0. The third-order valence-corrected chi connectivity index (χ3v) is 4.03. The van der Waals surface area contributed by atoms with Gasteiger partial charge in [-0.2, -0.15) is 0 Å². The first-order chi connectivity index (χ1) is 6.44. The number of hydrogen-bond acceptors (Lipinski definition) is 3. The second-order valence-corrected chi connectivity index (χ2v) is 5.09. The number of sulfonamides is 1. The predicted molar refractivity (Wildman–Crippen MR) is 52.7 cm³/mol. The molecule has 2 atom stereocenters. The summed E-state index contributed by atoms with van der Waals surface area (Å²) in [6, 6.07) is -0.706. The molecule has 0 fully saturated rings. The fourth-order valence-corrected chi connectivity index (χ4v) is 2.07. The molecule has 1 aliphatic carbocycles. The Balaban J connectivity index is 3.26. The highest BCUT2D eigenvalue weighted by Crippen LogP contribution is 2.27. The number of nitrogens with two attached hydrogens (primary N) is 1. The minimum absolute atomic E-state index is 0.706. The Hall–Kier alpha value is -1.30. The molecule has 6 nitrogen and oxygen atoms in total. The van der Waals surface area contributed by atoms with Gasteiger partial charge in [0.25, 0.3) is 0 Å². The lowest BCUT2D eigenvalue weighted by Gasteiger charge is -2.29. The Bertz CT molecular complexity index is 433. The molecule has 0 saturated carbocycles. The fourth-order valence-electron chi connectivity index (χ4n) is 1.13. The lowest BCUT2D eigenvalue weighted by atomic mass is 9.97. The largest absolute Gasteiger partial charge is 0.323 e. The molecule has 0 amide bonds. The topological polar surface area (TPSA) is 109 Å². The van der Waals surface area contributed by atoms with E-state index >= 15 is 0 Å². The molecule has 0 heterocycles. The van der Waals surface area contributed by atoms with Crippen LogP contribution in [0.25, 0.3) is 10.4 Å². The SMILES string of the molecule is CC1(S(=O)(=O)N=[N+]=[N-])C=CC=CC1N. The van der Waals surface area contributed by atoms with Crippen LogP contribution in [0, 0.1) is 0 Å². The summed E-state index contributed by atoms with van der Waals surface area (Å²) in [7, 11) is -3.94. The maximum Gasteiger partial charge on any atom is 0.246 e. The van der Waals surface area contributed by atoms with Crippen LogP contribution in [0.2, 0.25) is 0 Å². The summed E-state index contributed by atoms with van der Waals surface area (Å²) in [6.45, 7) is 1.42. The minimum Gasteiger partial charge on any atom is -0.323 e. The summed E-state index contributed by atoms with van der Waals surface area (Å²) in [5.74, 6) is 0. The molecule has 0 aliphatic heterocycles. The number of nitrogens with zero attached hydrogens (tertiary/aromatic N) is 3. The third-order valence-electron chi connectivity index (χ3n) is 2.22. The molecule has 1 aliphatic rings. The van der Waals surface area contributed by atoms with Gasteiger partial charge < -0.3 is 5.73 Å². The van der Waals surface area contributed by atoms with E-state index in [1.165, 1.54) is 13.0 Å². The average Bonchev–Trinajstić information content (AvgIpc) is 2.10. The molecule has 2 N–H and O–H groups in total. The highest BCUT2D eigenvalue weighted by atomic mass is 32.2. The Morgan fingerprint density at radius 2 is 2.21 bits per heavy atom. The van der Waals surface area contributed by atoms with E-state index in [1.54, 1.807) is 18.2 Å². The highest BCUT2D eigenvalue weighted by molar-refractivity contribution is 7.91. The highest BCUT2D eigenvalue weighted by Gasteiger charge is 2.41. The van der Waals surface area contributed by atoms with Crippen LogP contribution in [0.15, 0.2) is 28.8 Å². The first-order valence-electron chi connectivity index (χ1n) is 3.86. The van der Waals surface area contributed by atoms with Crippen molar-refractivity contribution in [2.24, 2.45) is 10.3 Å². The van der Waals surface area contributed by atoms with Crippen molar-refractivity contribution in [1.29, 1.82) is 0 Å². The van der Waals surface area contributed by atoms with Gasteiger partial charge in [0.05, 0.1) is 0 Å². The monoisotopic (exact) mass is 214 g/mol. The Labute approximate surface area is 81.8 Å². The van der Waals surface area contributed by atoms with Crippen LogP contribution < -0.4 is 5.73 Å². The van der Waals surface area contributed by atoms with Gasteiger partial charge in [0.15, 0.2) is 0 Å². The van der Waals surface area contributed by atoms with Gasteiger partial charge in [-0.25, -0.2) is 8.42 Å².